The molecule has 3 rings (SSSR count). The van der Waals surface area contributed by atoms with Crippen LogP contribution in [0.3, 0.4) is 0 Å². The molecule has 0 fully saturated rings. The molecule has 4 heteroatoms. The van der Waals surface area contributed by atoms with Crippen molar-refractivity contribution in [2.45, 2.75) is 12.6 Å². The molecule has 1 amide bonds. The lowest BCUT2D eigenvalue weighted by Gasteiger charge is -2.18. The zero-order valence-corrected chi connectivity index (χ0v) is 11.1. The third-order valence-corrected chi connectivity index (χ3v) is 3.51. The molecule has 1 aliphatic rings. The topological polar surface area (TPSA) is 49.8 Å². The molecule has 102 valence electrons. The Labute approximate surface area is 117 Å². The fraction of sp³-hybridized carbons (Fsp3) is 0.188. The molecule has 0 saturated carbocycles. The van der Waals surface area contributed by atoms with Crippen molar-refractivity contribution < 1.29 is 14.6 Å². The average molecular weight is 269 g/mol. The Hall–Kier alpha value is -2.33. The number of nitrogens with zero attached hydrogens (tertiary/aromatic N) is 1. The number of hydrogen-bond donors (Lipinski definition) is 1. The molecular formula is C16H15NO3. The van der Waals surface area contributed by atoms with Crippen molar-refractivity contribution in [3.8, 4) is 5.75 Å². The van der Waals surface area contributed by atoms with Crippen molar-refractivity contribution in [1.29, 1.82) is 0 Å². The van der Waals surface area contributed by atoms with Gasteiger partial charge in [0.25, 0.3) is 5.91 Å². The molecule has 1 atom stereocenters. The minimum atomic E-state index is -1.08. The SMILES string of the molecule is COc1ccc2c(c1)N(Cc1ccccc1)C(=O)C2O. The molecule has 0 aromatic heterocycles. The van der Waals surface area contributed by atoms with E-state index < -0.39 is 6.10 Å². The van der Waals surface area contributed by atoms with E-state index in [-0.39, 0.29) is 5.91 Å². The maximum absolute atomic E-state index is 12.2. The van der Waals surface area contributed by atoms with Crippen LogP contribution in [-0.4, -0.2) is 18.1 Å². The number of benzene rings is 2. The zero-order valence-electron chi connectivity index (χ0n) is 11.1. The smallest absolute Gasteiger partial charge is 0.260 e. The number of rotatable bonds is 3. The molecule has 2 aromatic carbocycles. The largest absolute Gasteiger partial charge is 0.497 e. The van der Waals surface area contributed by atoms with E-state index in [9.17, 15) is 9.90 Å². The predicted molar refractivity (Wildman–Crippen MR) is 75.6 cm³/mol. The van der Waals surface area contributed by atoms with Crippen LogP contribution in [0.15, 0.2) is 48.5 Å². The van der Waals surface area contributed by atoms with Gasteiger partial charge in [0, 0.05) is 11.6 Å². The molecule has 1 N–H and O–H groups in total. The Kier molecular flexibility index (Phi) is 3.16. The van der Waals surface area contributed by atoms with Crippen LogP contribution in [0.4, 0.5) is 5.69 Å². The first-order valence-corrected chi connectivity index (χ1v) is 6.42. The van der Waals surface area contributed by atoms with Crippen LogP contribution in [0.25, 0.3) is 0 Å². The lowest BCUT2D eigenvalue weighted by Crippen LogP contribution is -2.28. The van der Waals surface area contributed by atoms with Crippen molar-refractivity contribution in [2.24, 2.45) is 0 Å². The summed E-state index contributed by atoms with van der Waals surface area (Å²) in [5.41, 5.74) is 2.36. The van der Waals surface area contributed by atoms with E-state index in [1.807, 2.05) is 30.3 Å². The van der Waals surface area contributed by atoms with Crippen LogP contribution in [-0.2, 0) is 11.3 Å². The standard InChI is InChI=1S/C16H15NO3/c1-20-12-7-8-13-14(9-12)17(16(19)15(13)18)10-11-5-3-2-4-6-11/h2-9,15,18H,10H2,1H3. The van der Waals surface area contributed by atoms with E-state index in [1.165, 1.54) is 0 Å². The third kappa shape index (κ3) is 2.04. The van der Waals surface area contributed by atoms with Gasteiger partial charge < -0.3 is 14.7 Å². The van der Waals surface area contributed by atoms with Crippen LogP contribution in [0.2, 0.25) is 0 Å². The zero-order chi connectivity index (χ0) is 14.1. The predicted octanol–water partition coefficient (Wildman–Crippen LogP) is 2.28. The van der Waals surface area contributed by atoms with Crippen LogP contribution >= 0.6 is 0 Å². The van der Waals surface area contributed by atoms with Crippen LogP contribution in [0, 0.1) is 0 Å². The molecule has 0 saturated heterocycles. The van der Waals surface area contributed by atoms with Crippen molar-refractivity contribution in [2.75, 3.05) is 12.0 Å². The summed E-state index contributed by atoms with van der Waals surface area (Å²) < 4.78 is 5.19. The van der Waals surface area contributed by atoms with Gasteiger partial charge in [-0.3, -0.25) is 4.79 Å². The molecule has 4 nitrogen and oxygen atoms in total. The maximum atomic E-state index is 12.2. The highest BCUT2D eigenvalue weighted by Crippen LogP contribution is 2.38. The number of amides is 1. The second kappa shape index (κ2) is 4.98. The molecule has 0 spiro atoms. The fourth-order valence-electron chi connectivity index (χ4n) is 2.44. The molecule has 0 radical (unpaired) electrons. The van der Waals surface area contributed by atoms with Gasteiger partial charge in [0.1, 0.15) is 5.75 Å². The molecule has 1 heterocycles. The monoisotopic (exact) mass is 269 g/mol. The Bertz CT molecular complexity index is 639. The first-order chi connectivity index (χ1) is 9.70. The van der Waals surface area contributed by atoms with Crippen LogP contribution in [0.5, 0.6) is 5.75 Å². The highest BCUT2D eigenvalue weighted by molar-refractivity contribution is 6.03. The van der Waals surface area contributed by atoms with Gasteiger partial charge in [-0.05, 0) is 11.6 Å². The summed E-state index contributed by atoms with van der Waals surface area (Å²) >= 11 is 0. The Balaban J connectivity index is 1.98. The number of methoxy groups -OCH3 is 1. The molecule has 2 aromatic rings. The van der Waals surface area contributed by atoms with Gasteiger partial charge in [0.2, 0.25) is 0 Å². The lowest BCUT2D eigenvalue weighted by atomic mass is 10.1. The number of aliphatic hydroxyl groups is 1. The van der Waals surface area contributed by atoms with E-state index in [1.54, 1.807) is 30.2 Å². The fourth-order valence-corrected chi connectivity index (χ4v) is 2.44. The van der Waals surface area contributed by atoms with Crippen LogP contribution < -0.4 is 9.64 Å². The van der Waals surface area contributed by atoms with E-state index >= 15 is 0 Å². The van der Waals surface area contributed by atoms with Gasteiger partial charge in [-0.25, -0.2) is 0 Å². The summed E-state index contributed by atoms with van der Waals surface area (Å²) in [6, 6.07) is 15.0. The third-order valence-electron chi connectivity index (χ3n) is 3.51. The van der Waals surface area contributed by atoms with E-state index in [4.69, 9.17) is 4.74 Å². The van der Waals surface area contributed by atoms with E-state index in [0.29, 0.717) is 23.5 Å². The number of carbonyl (C=O) groups is 1. The first-order valence-electron chi connectivity index (χ1n) is 6.42. The summed E-state index contributed by atoms with van der Waals surface area (Å²) in [6.45, 7) is 0.441. The molecule has 1 aliphatic heterocycles. The number of fused-ring (bicyclic) bond motifs is 1. The van der Waals surface area contributed by atoms with Crippen molar-refractivity contribution in [3.63, 3.8) is 0 Å². The van der Waals surface area contributed by atoms with E-state index in [0.717, 1.165) is 5.56 Å². The molecule has 0 aliphatic carbocycles. The number of aliphatic hydroxyl groups excluding tert-OH is 1. The second-order valence-corrected chi connectivity index (χ2v) is 4.74. The second-order valence-electron chi connectivity index (χ2n) is 4.74. The quantitative estimate of drug-likeness (QED) is 0.930. The van der Waals surface area contributed by atoms with Crippen molar-refractivity contribution in [3.05, 3.63) is 59.7 Å². The molecule has 0 bridgehead atoms. The lowest BCUT2D eigenvalue weighted by molar-refractivity contribution is -0.125. The van der Waals surface area contributed by atoms with Gasteiger partial charge in [0.05, 0.1) is 19.3 Å². The Morgan fingerprint density at radius 1 is 1.20 bits per heavy atom. The summed E-state index contributed by atoms with van der Waals surface area (Å²) in [5, 5.41) is 10.0. The highest BCUT2D eigenvalue weighted by atomic mass is 16.5. The van der Waals surface area contributed by atoms with Gasteiger partial charge in [-0.2, -0.15) is 0 Å². The summed E-state index contributed by atoms with van der Waals surface area (Å²) in [5.74, 6) is 0.376. The minimum absolute atomic E-state index is 0.294. The average Bonchev–Trinajstić information content (AvgIpc) is 2.73. The van der Waals surface area contributed by atoms with Crippen molar-refractivity contribution >= 4 is 11.6 Å². The van der Waals surface area contributed by atoms with E-state index in [2.05, 4.69) is 0 Å². The highest BCUT2D eigenvalue weighted by Gasteiger charge is 2.36. The number of ether oxygens (including phenoxy) is 1. The summed E-state index contributed by atoms with van der Waals surface area (Å²) in [6.07, 6.45) is -1.08. The normalized spacial score (nSPS) is 17.2. The molecule has 20 heavy (non-hydrogen) atoms. The van der Waals surface area contributed by atoms with Gasteiger partial charge >= 0.3 is 0 Å². The van der Waals surface area contributed by atoms with Crippen molar-refractivity contribution in [1.82, 2.24) is 0 Å². The summed E-state index contributed by atoms with van der Waals surface area (Å²) in [4.78, 5) is 13.8. The number of hydrogen-bond acceptors (Lipinski definition) is 3. The first kappa shape index (κ1) is 12.7. The van der Waals surface area contributed by atoms with Gasteiger partial charge in [-0.15, -0.1) is 0 Å². The Morgan fingerprint density at radius 3 is 2.65 bits per heavy atom. The maximum Gasteiger partial charge on any atom is 0.260 e. The molecule has 1 unspecified atom stereocenters. The minimum Gasteiger partial charge on any atom is -0.497 e. The number of carbonyl (C=O) groups excluding carboxylic acids is 1. The van der Waals surface area contributed by atoms with Crippen LogP contribution in [0.1, 0.15) is 17.2 Å². The number of anilines is 1. The van der Waals surface area contributed by atoms with Gasteiger partial charge in [0.15, 0.2) is 6.10 Å². The molecular weight excluding hydrogens is 254 g/mol. The Morgan fingerprint density at radius 2 is 1.95 bits per heavy atom. The summed E-state index contributed by atoms with van der Waals surface area (Å²) in [7, 11) is 1.58. The van der Waals surface area contributed by atoms with Gasteiger partial charge in [-0.1, -0.05) is 36.4 Å².